The van der Waals surface area contributed by atoms with E-state index in [1.165, 1.54) is 5.56 Å². The van der Waals surface area contributed by atoms with E-state index in [0.717, 1.165) is 12.5 Å². The Balaban J connectivity index is 2.68. The largest absolute Gasteiger partial charge is 0.359 e. The van der Waals surface area contributed by atoms with E-state index in [1.807, 2.05) is 19.3 Å². The van der Waals surface area contributed by atoms with Crippen molar-refractivity contribution in [3.8, 4) is 0 Å². The van der Waals surface area contributed by atoms with Crippen LogP contribution in [0, 0.1) is 0 Å². The van der Waals surface area contributed by atoms with Crippen LogP contribution in [0.2, 0.25) is 0 Å². The van der Waals surface area contributed by atoms with Crippen molar-refractivity contribution in [2.24, 2.45) is 4.99 Å². The van der Waals surface area contributed by atoms with Crippen LogP contribution < -0.4 is 10.6 Å². The Kier molecular flexibility index (Phi) is 5.42. The number of nitrogens with one attached hydrogen (secondary N) is 2. The van der Waals surface area contributed by atoms with Gasteiger partial charge in [0.25, 0.3) is 0 Å². The van der Waals surface area contributed by atoms with Gasteiger partial charge < -0.3 is 15.5 Å². The number of rotatable bonds is 4. The minimum Gasteiger partial charge on any atom is -0.359 e. The Hall–Kier alpha value is -1.62. The maximum absolute atomic E-state index is 4.16. The number of pyridine rings is 1. The molecule has 0 aliphatic heterocycles. The van der Waals surface area contributed by atoms with Crippen LogP contribution in [0.3, 0.4) is 0 Å². The second-order valence-electron chi connectivity index (χ2n) is 3.97. The maximum Gasteiger partial charge on any atom is 0.190 e. The molecule has 0 radical (unpaired) electrons. The third-order valence-corrected chi connectivity index (χ3v) is 2.62. The smallest absolute Gasteiger partial charge is 0.190 e. The third-order valence-electron chi connectivity index (χ3n) is 2.62. The minimum absolute atomic E-state index is 0.272. The van der Waals surface area contributed by atoms with E-state index in [0.29, 0.717) is 0 Å². The SMILES string of the molecule is CN=C(NC)NC[C@H](c1cccnc1)N(C)C. The zero-order chi connectivity index (χ0) is 12.7. The van der Waals surface area contributed by atoms with Crippen LogP contribution in [0.4, 0.5) is 0 Å². The van der Waals surface area contributed by atoms with Crippen molar-refractivity contribution in [2.75, 3.05) is 34.7 Å². The second kappa shape index (κ2) is 6.85. The topological polar surface area (TPSA) is 52.6 Å². The van der Waals surface area contributed by atoms with Gasteiger partial charge in [-0.2, -0.15) is 0 Å². The average molecular weight is 235 g/mol. The molecule has 0 unspecified atom stereocenters. The summed E-state index contributed by atoms with van der Waals surface area (Å²) in [6.07, 6.45) is 3.69. The summed E-state index contributed by atoms with van der Waals surface area (Å²) in [5.74, 6) is 0.792. The Morgan fingerprint density at radius 2 is 2.29 bits per heavy atom. The molecule has 0 aliphatic rings. The van der Waals surface area contributed by atoms with E-state index in [2.05, 4.69) is 45.7 Å². The van der Waals surface area contributed by atoms with Crippen molar-refractivity contribution in [1.29, 1.82) is 0 Å². The van der Waals surface area contributed by atoms with Gasteiger partial charge in [-0.3, -0.25) is 9.98 Å². The molecule has 1 rings (SSSR count). The summed E-state index contributed by atoms with van der Waals surface area (Å²) in [5.41, 5.74) is 1.19. The predicted octanol–water partition coefficient (Wildman–Crippen LogP) is 0.479. The molecular formula is C12H21N5. The maximum atomic E-state index is 4.16. The summed E-state index contributed by atoms with van der Waals surface area (Å²) in [5, 5.41) is 6.27. The molecule has 1 atom stereocenters. The molecule has 2 N–H and O–H groups in total. The van der Waals surface area contributed by atoms with E-state index in [4.69, 9.17) is 0 Å². The number of hydrogen-bond acceptors (Lipinski definition) is 3. The normalized spacial score (nSPS) is 13.6. The van der Waals surface area contributed by atoms with E-state index >= 15 is 0 Å². The number of aromatic nitrogens is 1. The number of guanidine groups is 1. The summed E-state index contributed by atoms with van der Waals surface area (Å²) >= 11 is 0. The first-order chi connectivity index (χ1) is 8.19. The van der Waals surface area contributed by atoms with Crippen molar-refractivity contribution >= 4 is 5.96 Å². The lowest BCUT2D eigenvalue weighted by molar-refractivity contribution is 0.297. The minimum atomic E-state index is 0.272. The van der Waals surface area contributed by atoms with Crippen LogP contribution in [0.5, 0.6) is 0 Å². The Bertz CT molecular complexity index is 347. The summed E-state index contributed by atoms with van der Waals surface area (Å²) in [4.78, 5) is 10.4. The molecule has 1 heterocycles. The number of hydrogen-bond donors (Lipinski definition) is 2. The fourth-order valence-electron chi connectivity index (χ4n) is 1.64. The highest BCUT2D eigenvalue weighted by Gasteiger charge is 2.14. The summed E-state index contributed by atoms with van der Waals surface area (Å²) in [6.45, 7) is 0.784. The highest BCUT2D eigenvalue weighted by Crippen LogP contribution is 2.15. The van der Waals surface area contributed by atoms with Crippen LogP contribution >= 0.6 is 0 Å². The van der Waals surface area contributed by atoms with Crippen LogP contribution in [0.1, 0.15) is 11.6 Å². The molecule has 1 aromatic heterocycles. The van der Waals surface area contributed by atoms with Gasteiger partial charge in [0, 0.05) is 33.0 Å². The summed E-state index contributed by atoms with van der Waals surface area (Å²) < 4.78 is 0. The molecule has 0 fully saturated rings. The number of likely N-dealkylation sites (N-methyl/N-ethyl adjacent to an activating group) is 1. The molecule has 5 nitrogen and oxygen atoms in total. The van der Waals surface area contributed by atoms with Crippen LogP contribution in [0.25, 0.3) is 0 Å². The van der Waals surface area contributed by atoms with E-state index < -0.39 is 0 Å². The summed E-state index contributed by atoms with van der Waals surface area (Å²) in [6, 6.07) is 4.31. The highest BCUT2D eigenvalue weighted by atomic mass is 15.2. The summed E-state index contributed by atoms with van der Waals surface area (Å²) in [7, 11) is 7.72. The van der Waals surface area contributed by atoms with Crippen LogP contribution in [-0.2, 0) is 0 Å². The molecule has 0 aliphatic carbocycles. The molecule has 0 saturated heterocycles. The molecule has 0 spiro atoms. The van der Waals surface area contributed by atoms with Gasteiger partial charge in [-0.15, -0.1) is 0 Å². The quantitative estimate of drug-likeness (QED) is 0.589. The molecule has 1 aromatic rings. The number of nitrogens with zero attached hydrogens (tertiary/aromatic N) is 3. The monoisotopic (exact) mass is 235 g/mol. The fourth-order valence-corrected chi connectivity index (χ4v) is 1.64. The Morgan fingerprint density at radius 3 is 2.76 bits per heavy atom. The van der Waals surface area contributed by atoms with Gasteiger partial charge in [0.05, 0.1) is 6.04 Å². The zero-order valence-corrected chi connectivity index (χ0v) is 10.9. The molecule has 0 bridgehead atoms. The van der Waals surface area contributed by atoms with E-state index in [1.54, 1.807) is 13.2 Å². The molecular weight excluding hydrogens is 214 g/mol. The Morgan fingerprint density at radius 1 is 1.53 bits per heavy atom. The van der Waals surface area contributed by atoms with Crippen molar-refractivity contribution < 1.29 is 0 Å². The number of aliphatic imine (C=N–C) groups is 1. The van der Waals surface area contributed by atoms with Crippen molar-refractivity contribution in [1.82, 2.24) is 20.5 Å². The van der Waals surface area contributed by atoms with Gasteiger partial charge in [0.1, 0.15) is 0 Å². The fraction of sp³-hybridized carbons (Fsp3) is 0.500. The second-order valence-corrected chi connectivity index (χ2v) is 3.97. The lowest BCUT2D eigenvalue weighted by Crippen LogP contribution is -2.40. The van der Waals surface area contributed by atoms with Gasteiger partial charge in [0.15, 0.2) is 5.96 Å². The van der Waals surface area contributed by atoms with Crippen LogP contribution in [-0.4, -0.2) is 50.6 Å². The molecule has 94 valence electrons. The van der Waals surface area contributed by atoms with Crippen molar-refractivity contribution in [3.05, 3.63) is 30.1 Å². The van der Waals surface area contributed by atoms with Gasteiger partial charge in [-0.1, -0.05) is 6.07 Å². The van der Waals surface area contributed by atoms with Gasteiger partial charge in [0.2, 0.25) is 0 Å². The molecule has 17 heavy (non-hydrogen) atoms. The highest BCUT2D eigenvalue weighted by molar-refractivity contribution is 5.79. The molecule has 0 saturated carbocycles. The van der Waals surface area contributed by atoms with Crippen LogP contribution in [0.15, 0.2) is 29.5 Å². The standard InChI is InChI=1S/C12H21N5/c1-13-12(14-2)16-9-11(17(3)4)10-6-5-7-15-8-10/h5-8,11H,9H2,1-4H3,(H2,13,14,16)/t11-/m1/s1. The first-order valence-corrected chi connectivity index (χ1v) is 5.63. The van der Waals surface area contributed by atoms with Crippen molar-refractivity contribution in [3.63, 3.8) is 0 Å². The zero-order valence-electron chi connectivity index (χ0n) is 10.9. The Labute approximate surface area is 103 Å². The molecule has 0 aromatic carbocycles. The third kappa shape index (κ3) is 4.03. The van der Waals surface area contributed by atoms with E-state index in [-0.39, 0.29) is 6.04 Å². The molecule has 5 heteroatoms. The first-order valence-electron chi connectivity index (χ1n) is 5.63. The molecule has 0 amide bonds. The predicted molar refractivity (Wildman–Crippen MR) is 71.1 cm³/mol. The van der Waals surface area contributed by atoms with Gasteiger partial charge >= 0.3 is 0 Å². The van der Waals surface area contributed by atoms with E-state index in [9.17, 15) is 0 Å². The van der Waals surface area contributed by atoms with Gasteiger partial charge in [-0.05, 0) is 25.7 Å². The lowest BCUT2D eigenvalue weighted by Gasteiger charge is -2.25. The van der Waals surface area contributed by atoms with Crippen molar-refractivity contribution in [2.45, 2.75) is 6.04 Å². The first kappa shape index (κ1) is 13.4. The van der Waals surface area contributed by atoms with Gasteiger partial charge in [-0.25, -0.2) is 0 Å². The lowest BCUT2D eigenvalue weighted by atomic mass is 10.1. The average Bonchev–Trinajstić information content (AvgIpc) is 2.35.